The number of halogens is 2. The number of hydrogen-bond acceptors (Lipinski definition) is 9. The van der Waals surface area contributed by atoms with Gasteiger partial charge in [0.05, 0.1) is 39.7 Å². The third-order valence-electron chi connectivity index (χ3n) is 5.47. The molecule has 0 aliphatic heterocycles. The van der Waals surface area contributed by atoms with E-state index in [1.807, 2.05) is 37.4 Å². The minimum atomic E-state index is -0.200. The highest BCUT2D eigenvalue weighted by atomic mass is 35.5. The molecule has 0 radical (unpaired) electrons. The average Bonchev–Trinajstić information content (AvgIpc) is 3.23. The molecule has 2 aromatic heterocycles. The van der Waals surface area contributed by atoms with Gasteiger partial charge < -0.3 is 14.8 Å². The molecule has 0 aliphatic carbocycles. The van der Waals surface area contributed by atoms with Gasteiger partial charge in [0.25, 0.3) is 0 Å². The lowest BCUT2D eigenvalue weighted by Gasteiger charge is -2.16. The van der Waals surface area contributed by atoms with Crippen LogP contribution < -0.4 is 15.8 Å². The first-order chi connectivity index (χ1) is 16.5. The van der Waals surface area contributed by atoms with Crippen molar-refractivity contribution in [2.45, 2.75) is 25.8 Å². The highest BCUT2D eigenvalue weighted by Crippen LogP contribution is 2.37. The molecule has 4 N–H and O–H groups in total. The smallest absolute Gasteiger partial charge is 0.208 e. The van der Waals surface area contributed by atoms with Gasteiger partial charge >= 0.3 is 0 Å². The van der Waals surface area contributed by atoms with Crippen molar-refractivity contribution in [2.24, 2.45) is 11.1 Å². The summed E-state index contributed by atoms with van der Waals surface area (Å²) in [6.45, 7) is 3.32. The zero-order valence-corrected chi connectivity index (χ0v) is 22.0. The zero-order chi connectivity index (χ0) is 24.5. The minimum absolute atomic E-state index is 0.183. The summed E-state index contributed by atoms with van der Waals surface area (Å²) < 4.78 is 5.79. The van der Waals surface area contributed by atoms with E-state index in [1.54, 1.807) is 0 Å². The lowest BCUT2D eigenvalue weighted by Crippen LogP contribution is -2.17. The largest absolute Gasteiger partial charge is 0.369 e. The maximum absolute atomic E-state index is 13.4. The molecule has 0 amide bonds. The summed E-state index contributed by atoms with van der Waals surface area (Å²) in [6.07, 6.45) is 4.78. The molecule has 0 spiro atoms. The van der Waals surface area contributed by atoms with Gasteiger partial charge in [0, 0.05) is 23.3 Å². The molecule has 7 nitrogen and oxygen atoms in total. The first-order valence-electron chi connectivity index (χ1n) is 10.8. The Bertz CT molecular complexity index is 1100. The van der Waals surface area contributed by atoms with E-state index >= 15 is 0 Å². The maximum atomic E-state index is 13.4. The lowest BCUT2D eigenvalue weighted by atomic mass is 10.0. The van der Waals surface area contributed by atoms with Crippen LogP contribution in [0.1, 0.15) is 52.2 Å². The van der Waals surface area contributed by atoms with Crippen LogP contribution in [0.3, 0.4) is 0 Å². The normalized spacial score (nSPS) is 13.0. The van der Waals surface area contributed by atoms with Gasteiger partial charge in [0.1, 0.15) is 12.1 Å². The van der Waals surface area contributed by atoms with Gasteiger partial charge in [-0.25, -0.2) is 9.97 Å². The Morgan fingerprint density at radius 3 is 2.85 bits per heavy atom. The minimum Gasteiger partial charge on any atom is -0.369 e. The predicted octanol–water partition coefficient (Wildman–Crippen LogP) is 5.75. The van der Waals surface area contributed by atoms with Crippen LogP contribution in [0.4, 0.5) is 5.82 Å². The van der Waals surface area contributed by atoms with Gasteiger partial charge in [-0.1, -0.05) is 48.7 Å². The third-order valence-corrected chi connectivity index (χ3v) is 7.36. The van der Waals surface area contributed by atoms with Crippen molar-refractivity contribution in [1.29, 1.82) is 0 Å². The summed E-state index contributed by atoms with van der Waals surface area (Å²) >= 11 is 14.9. The second kappa shape index (κ2) is 13.4. The number of nitrogens with zero attached hydrogens (tertiary/aromatic N) is 2. The van der Waals surface area contributed by atoms with Crippen LogP contribution in [0.25, 0.3) is 0 Å². The van der Waals surface area contributed by atoms with Crippen LogP contribution in [-0.2, 0) is 4.18 Å². The number of anilines is 1. The van der Waals surface area contributed by atoms with Crippen LogP contribution in [0.2, 0.25) is 9.36 Å². The van der Waals surface area contributed by atoms with E-state index in [4.69, 9.17) is 32.5 Å². The van der Waals surface area contributed by atoms with Gasteiger partial charge in [-0.3, -0.25) is 9.93 Å². The molecule has 182 valence electrons. The van der Waals surface area contributed by atoms with Crippen molar-refractivity contribution < 1.29 is 8.98 Å². The van der Waals surface area contributed by atoms with Gasteiger partial charge in [0.15, 0.2) is 0 Å². The maximum Gasteiger partial charge on any atom is 0.208 e. The SMILES string of the molecule is CCC(CCNc1ncncc1C(=O)c1cc(C(NC)c2cccc(Cl)c2)c(Cl)s1)COSN. The van der Waals surface area contributed by atoms with E-state index in [2.05, 4.69) is 27.5 Å². The number of benzene rings is 1. The first-order valence-corrected chi connectivity index (χ1v) is 13.1. The van der Waals surface area contributed by atoms with Gasteiger partial charge in [-0.2, -0.15) is 0 Å². The van der Waals surface area contributed by atoms with Crippen molar-refractivity contribution in [3.8, 4) is 0 Å². The Kier molecular flexibility index (Phi) is 10.6. The third kappa shape index (κ3) is 6.91. The number of aromatic nitrogens is 2. The molecule has 11 heteroatoms. The number of thiophene rings is 1. The molecule has 0 bridgehead atoms. The summed E-state index contributed by atoms with van der Waals surface area (Å²) in [4.78, 5) is 22.3. The molecular weight excluding hydrogens is 513 g/mol. The fraction of sp³-hybridized carbons (Fsp3) is 0.348. The van der Waals surface area contributed by atoms with Gasteiger partial charge in [-0.05, 0) is 43.1 Å². The van der Waals surface area contributed by atoms with Gasteiger partial charge in [-0.15, -0.1) is 11.3 Å². The van der Waals surface area contributed by atoms with Crippen molar-refractivity contribution in [3.05, 3.63) is 73.8 Å². The van der Waals surface area contributed by atoms with Crippen molar-refractivity contribution >= 4 is 58.4 Å². The van der Waals surface area contributed by atoms with E-state index < -0.39 is 0 Å². The highest BCUT2D eigenvalue weighted by Gasteiger charge is 2.23. The summed E-state index contributed by atoms with van der Waals surface area (Å²) in [5.41, 5.74) is 2.17. The van der Waals surface area contributed by atoms with Gasteiger partial charge in [0.2, 0.25) is 5.78 Å². The molecule has 0 aliphatic rings. The van der Waals surface area contributed by atoms with E-state index in [-0.39, 0.29) is 11.8 Å². The summed E-state index contributed by atoms with van der Waals surface area (Å²) in [7, 11) is 1.84. The van der Waals surface area contributed by atoms with Crippen molar-refractivity contribution in [1.82, 2.24) is 15.3 Å². The molecular formula is C23H27Cl2N5O2S2. The Morgan fingerprint density at radius 2 is 2.15 bits per heavy atom. The molecule has 0 saturated carbocycles. The number of carbonyl (C=O) groups excluding carboxylic acids is 1. The average molecular weight is 541 g/mol. The first kappa shape index (κ1) is 26.9. The Labute approximate surface area is 218 Å². The number of hydrogen-bond donors (Lipinski definition) is 3. The van der Waals surface area contributed by atoms with E-state index in [9.17, 15) is 4.79 Å². The zero-order valence-electron chi connectivity index (χ0n) is 18.9. The topological polar surface area (TPSA) is 102 Å². The van der Waals surface area contributed by atoms with Crippen LogP contribution in [0.15, 0.2) is 42.9 Å². The second-order valence-electron chi connectivity index (χ2n) is 7.60. The van der Waals surface area contributed by atoms with E-state index in [0.29, 0.717) is 44.7 Å². The molecule has 0 fully saturated rings. The standard InChI is InChI=1S/C23H27Cl2N5O2S2/c1-3-14(12-32-34-26)7-8-29-23-18(11-28-13-30-23)21(31)19-10-17(22(25)33-19)20(27-2)15-5-4-6-16(24)9-15/h4-6,9-11,13-14,20,27H,3,7-8,12,26H2,1-2H3,(H,28,29,30). The molecule has 34 heavy (non-hydrogen) atoms. The van der Waals surface area contributed by atoms with E-state index in [0.717, 1.165) is 36.2 Å². The summed E-state index contributed by atoms with van der Waals surface area (Å²) in [6, 6.07) is 9.18. The van der Waals surface area contributed by atoms with Crippen molar-refractivity contribution in [3.63, 3.8) is 0 Å². The van der Waals surface area contributed by atoms with Crippen LogP contribution in [-0.4, -0.2) is 36.0 Å². The molecule has 0 saturated heterocycles. The Balaban J connectivity index is 1.78. The predicted molar refractivity (Wildman–Crippen MR) is 142 cm³/mol. The second-order valence-corrected chi connectivity index (χ2v) is 10.1. The molecule has 2 heterocycles. The number of rotatable bonds is 13. The monoisotopic (exact) mass is 539 g/mol. The number of ketones is 1. The summed E-state index contributed by atoms with van der Waals surface area (Å²) in [5, 5.41) is 12.5. The molecule has 2 unspecified atom stereocenters. The molecule has 3 rings (SSSR count). The fourth-order valence-electron chi connectivity index (χ4n) is 3.58. The highest BCUT2D eigenvalue weighted by molar-refractivity contribution is 7.92. The molecule has 2 atom stereocenters. The lowest BCUT2D eigenvalue weighted by molar-refractivity contribution is 0.104. The van der Waals surface area contributed by atoms with Crippen LogP contribution in [0, 0.1) is 5.92 Å². The number of nitrogens with one attached hydrogen (secondary N) is 2. The van der Waals surface area contributed by atoms with Crippen LogP contribution in [0.5, 0.6) is 0 Å². The summed E-state index contributed by atoms with van der Waals surface area (Å²) in [5.74, 6) is 0.667. The Hall–Kier alpha value is -1.72. The van der Waals surface area contributed by atoms with E-state index in [1.165, 1.54) is 23.9 Å². The number of carbonyl (C=O) groups is 1. The Morgan fingerprint density at radius 1 is 1.32 bits per heavy atom. The quantitative estimate of drug-likeness (QED) is 0.143. The van der Waals surface area contributed by atoms with Crippen molar-refractivity contribution in [2.75, 3.05) is 25.5 Å². The molecule has 1 aromatic carbocycles. The van der Waals surface area contributed by atoms with Crippen LogP contribution >= 0.6 is 46.8 Å². The number of nitrogens with two attached hydrogens (primary N) is 1. The fourth-order valence-corrected chi connectivity index (χ4v) is 5.34. The molecule has 3 aromatic rings.